The number of carbonyl (C=O) groups is 2. The zero-order valence-electron chi connectivity index (χ0n) is 32.4. The first-order valence-electron chi connectivity index (χ1n) is 19.4. The van der Waals surface area contributed by atoms with Gasteiger partial charge in [-0.2, -0.15) is 5.10 Å². The molecule has 1 aliphatic heterocycles. The number of nitrogens with one attached hydrogen (secondary N) is 2. The highest BCUT2D eigenvalue weighted by Crippen LogP contribution is 2.41. The third kappa shape index (κ3) is 9.07. The molecule has 300 valence electrons. The number of hydrogen-bond acceptors (Lipinski definition) is 7. The van der Waals surface area contributed by atoms with Crippen LogP contribution in [0.3, 0.4) is 0 Å². The van der Waals surface area contributed by atoms with E-state index < -0.39 is 11.8 Å². The van der Waals surface area contributed by atoms with Crippen molar-refractivity contribution in [2.75, 3.05) is 27.8 Å². The quantitative estimate of drug-likeness (QED) is 0.0961. The lowest BCUT2D eigenvalue weighted by Crippen LogP contribution is -2.35. The van der Waals surface area contributed by atoms with Crippen LogP contribution in [-0.4, -0.2) is 71.6 Å². The average Bonchev–Trinajstić information content (AvgIpc) is 3.81. The van der Waals surface area contributed by atoms with Crippen LogP contribution in [0.1, 0.15) is 61.6 Å². The van der Waals surface area contributed by atoms with Gasteiger partial charge in [0.25, 0.3) is 0 Å². The van der Waals surface area contributed by atoms with Crippen molar-refractivity contribution in [2.45, 2.75) is 76.7 Å². The summed E-state index contributed by atoms with van der Waals surface area (Å²) in [6.45, 7) is 1.86. The van der Waals surface area contributed by atoms with Crippen LogP contribution in [-0.2, 0) is 29.2 Å². The molecule has 4 aromatic carbocycles. The fourth-order valence-electron chi connectivity index (χ4n) is 8.42. The number of halogens is 3. The second kappa shape index (κ2) is 17.9. The molecule has 2 heterocycles. The maximum absolute atomic E-state index is 15.7. The van der Waals surface area contributed by atoms with Gasteiger partial charge in [0, 0.05) is 77.2 Å². The Morgan fingerprint density at radius 1 is 0.982 bits per heavy atom. The smallest absolute Gasteiger partial charge is 0.303 e. The Morgan fingerprint density at radius 3 is 2.44 bits per heavy atom. The van der Waals surface area contributed by atoms with E-state index in [1.807, 2.05) is 59.4 Å². The van der Waals surface area contributed by atoms with E-state index in [2.05, 4.69) is 22.6 Å². The molecule has 1 aliphatic carbocycles. The van der Waals surface area contributed by atoms with Gasteiger partial charge in [-0.1, -0.05) is 53.5 Å². The highest BCUT2D eigenvalue weighted by molar-refractivity contribution is 6.36. The number of nitrogens with zero attached hydrogens (tertiary/aromatic N) is 3. The van der Waals surface area contributed by atoms with Gasteiger partial charge in [0.2, 0.25) is 5.91 Å². The van der Waals surface area contributed by atoms with Crippen LogP contribution >= 0.6 is 23.2 Å². The lowest BCUT2D eigenvalue weighted by Gasteiger charge is -2.34. The van der Waals surface area contributed by atoms with Crippen LogP contribution in [0.5, 0.6) is 11.5 Å². The number of amides is 1. The summed E-state index contributed by atoms with van der Waals surface area (Å²) in [6.07, 6.45) is 7.11. The largest absolute Gasteiger partial charge is 0.496 e. The molecule has 7 rings (SSSR count). The van der Waals surface area contributed by atoms with Crippen LogP contribution in [0.15, 0.2) is 66.9 Å². The molecule has 1 saturated heterocycles. The van der Waals surface area contributed by atoms with Gasteiger partial charge >= 0.3 is 5.97 Å². The highest BCUT2D eigenvalue weighted by atomic mass is 35.5. The van der Waals surface area contributed by atoms with Crippen molar-refractivity contribution < 1.29 is 28.6 Å². The fourth-order valence-corrected chi connectivity index (χ4v) is 9.00. The van der Waals surface area contributed by atoms with Crippen molar-refractivity contribution in [3.8, 4) is 33.8 Å². The van der Waals surface area contributed by atoms with Gasteiger partial charge in [-0.25, -0.2) is 4.39 Å². The van der Waals surface area contributed by atoms with Crippen LogP contribution < -0.4 is 20.1 Å². The molecule has 2 fully saturated rings. The summed E-state index contributed by atoms with van der Waals surface area (Å²) in [6, 6.07) is 19.4. The highest BCUT2D eigenvalue weighted by Gasteiger charge is 2.27. The van der Waals surface area contributed by atoms with Crippen LogP contribution in [0, 0.1) is 11.7 Å². The van der Waals surface area contributed by atoms with E-state index in [1.54, 1.807) is 13.2 Å². The van der Waals surface area contributed by atoms with Gasteiger partial charge in [-0.15, -0.1) is 0 Å². The Labute approximate surface area is 342 Å². The number of methoxy groups -OCH3 is 2. The van der Waals surface area contributed by atoms with Gasteiger partial charge in [-0.3, -0.25) is 19.2 Å². The SMILES string of the molecule is COc1cc(Cn2ncc3c(-c4cccc(-c5cc(F)c(CNC[C@@H]6CCC(=O)N6)c(OC)c5)c4Cl)cccc32)c(Cl)cc1CN(C)C1CCC(CC(=O)O)CC1. The minimum Gasteiger partial charge on any atom is -0.496 e. The molecule has 2 aliphatic rings. The number of fused-ring (bicyclic) bond motifs is 1. The van der Waals surface area contributed by atoms with Crippen LogP contribution in [0.2, 0.25) is 10.0 Å². The predicted octanol–water partition coefficient (Wildman–Crippen LogP) is 8.72. The normalized spacial score (nSPS) is 18.3. The molecule has 5 aromatic rings. The monoisotopic (exact) mass is 815 g/mol. The van der Waals surface area contributed by atoms with Crippen molar-refractivity contribution in [1.29, 1.82) is 0 Å². The summed E-state index contributed by atoms with van der Waals surface area (Å²) in [7, 11) is 5.29. The zero-order chi connectivity index (χ0) is 40.2. The van der Waals surface area contributed by atoms with E-state index >= 15 is 4.39 Å². The number of aromatic nitrogens is 2. The summed E-state index contributed by atoms with van der Waals surface area (Å²) in [4.78, 5) is 25.1. The topological polar surface area (TPSA) is 118 Å². The number of carboxylic acids is 1. The minimum atomic E-state index is -0.720. The third-order valence-corrected chi connectivity index (χ3v) is 12.3. The Morgan fingerprint density at radius 2 is 1.72 bits per heavy atom. The summed E-state index contributed by atoms with van der Waals surface area (Å²) < 4.78 is 29.1. The van der Waals surface area contributed by atoms with Crippen molar-refractivity contribution in [1.82, 2.24) is 25.3 Å². The number of aliphatic carboxylic acids is 1. The number of hydrogen-bond donors (Lipinski definition) is 3. The van der Waals surface area contributed by atoms with Crippen molar-refractivity contribution in [3.63, 3.8) is 0 Å². The molecule has 1 atom stereocenters. The number of rotatable bonds is 15. The molecule has 57 heavy (non-hydrogen) atoms. The Balaban J connectivity index is 1.09. The maximum atomic E-state index is 15.7. The summed E-state index contributed by atoms with van der Waals surface area (Å²) in [5.41, 5.74) is 6.08. The van der Waals surface area contributed by atoms with Crippen molar-refractivity contribution in [2.24, 2.45) is 5.92 Å². The van der Waals surface area contributed by atoms with E-state index in [4.69, 9.17) is 37.8 Å². The van der Waals surface area contributed by atoms with Gasteiger partial charge in [-0.05, 0) is 92.1 Å². The van der Waals surface area contributed by atoms with E-state index in [-0.39, 0.29) is 30.8 Å². The molecule has 0 spiro atoms. The van der Waals surface area contributed by atoms with Gasteiger partial charge in [0.15, 0.2) is 0 Å². The van der Waals surface area contributed by atoms with E-state index in [1.165, 1.54) is 13.2 Å². The number of benzene rings is 4. The van der Waals surface area contributed by atoms with E-state index in [0.717, 1.165) is 71.0 Å². The van der Waals surface area contributed by atoms with Crippen molar-refractivity contribution in [3.05, 3.63) is 99.4 Å². The Kier molecular flexibility index (Phi) is 12.7. The standard InChI is InChI=1S/C44H48Cl2FN5O5/c1-51(31-13-10-26(11-14-31)16-43(54)55)24-29-17-37(45)28(20-40(29)56-2)25-52-39-9-5-7-33(35(39)23-49-52)34-8-4-6-32(44(34)46)27-18-38(47)36(41(19-27)57-3)22-48-21-30-12-15-42(53)50-30/h4-9,17-20,23,26,30-31,48H,10-16,21-22,24-25H2,1-3H3,(H,50,53)(H,54,55)/t26?,30-,31?/m0/s1. The molecule has 13 heteroatoms. The molecule has 1 aromatic heterocycles. The molecule has 0 bridgehead atoms. The zero-order valence-corrected chi connectivity index (χ0v) is 33.9. The predicted molar refractivity (Wildman–Crippen MR) is 222 cm³/mol. The first-order valence-corrected chi connectivity index (χ1v) is 20.2. The molecular formula is C44H48Cl2FN5O5. The third-order valence-electron chi connectivity index (χ3n) is 11.5. The molecule has 1 saturated carbocycles. The van der Waals surface area contributed by atoms with Crippen LogP contribution in [0.25, 0.3) is 33.2 Å². The number of ether oxygens (including phenoxy) is 2. The summed E-state index contributed by atoms with van der Waals surface area (Å²) in [5.74, 6) is 0.313. The summed E-state index contributed by atoms with van der Waals surface area (Å²) >= 11 is 14.1. The lowest BCUT2D eigenvalue weighted by atomic mass is 9.83. The first-order chi connectivity index (χ1) is 27.5. The van der Waals surface area contributed by atoms with Gasteiger partial charge in [0.05, 0.1) is 37.5 Å². The van der Waals surface area contributed by atoms with E-state index in [0.29, 0.717) is 64.6 Å². The molecule has 0 radical (unpaired) electrons. The minimum absolute atomic E-state index is 0.0334. The van der Waals surface area contributed by atoms with Gasteiger partial charge in [0.1, 0.15) is 17.3 Å². The molecule has 10 nitrogen and oxygen atoms in total. The Bertz CT molecular complexity index is 2270. The molecule has 1 amide bonds. The molecule has 0 unspecified atom stereocenters. The first kappa shape index (κ1) is 40.5. The fraction of sp³-hybridized carbons (Fsp3) is 0.386. The van der Waals surface area contributed by atoms with E-state index in [9.17, 15) is 14.7 Å². The Hall–Kier alpha value is -4.68. The molecular weight excluding hydrogens is 768 g/mol. The molecule has 3 N–H and O–H groups in total. The second-order valence-corrected chi connectivity index (χ2v) is 16.0. The second-order valence-electron chi connectivity index (χ2n) is 15.2. The number of carboxylic acid groups (broad SMARTS) is 1. The lowest BCUT2D eigenvalue weighted by molar-refractivity contribution is -0.138. The van der Waals surface area contributed by atoms with Crippen molar-refractivity contribution >= 4 is 46.0 Å². The maximum Gasteiger partial charge on any atom is 0.303 e. The van der Waals surface area contributed by atoms with Crippen LogP contribution in [0.4, 0.5) is 4.39 Å². The average molecular weight is 817 g/mol. The number of carbonyl (C=O) groups excluding carboxylic acids is 1. The van der Waals surface area contributed by atoms with Gasteiger partial charge < -0.3 is 25.2 Å². The summed E-state index contributed by atoms with van der Waals surface area (Å²) in [5, 5.41) is 22.1.